The number of nitrogens with two attached hydrogens (primary N) is 1. The zero-order valence-corrected chi connectivity index (χ0v) is 10.1. The molecule has 2 aromatic rings. The summed E-state index contributed by atoms with van der Waals surface area (Å²) in [6, 6.07) is 8.39. The van der Waals surface area contributed by atoms with Crippen molar-refractivity contribution in [2.75, 3.05) is 17.7 Å². The normalized spacial score (nSPS) is 10.2. The van der Waals surface area contributed by atoms with Gasteiger partial charge < -0.3 is 10.6 Å². The maximum absolute atomic E-state index is 5.79. The predicted molar refractivity (Wildman–Crippen MR) is 69.7 cm³/mol. The Morgan fingerprint density at radius 2 is 2.00 bits per heavy atom. The van der Waals surface area contributed by atoms with Crippen molar-refractivity contribution in [2.24, 2.45) is 0 Å². The fourth-order valence-corrected chi connectivity index (χ4v) is 1.79. The number of nitrogen functional groups attached to an aromatic ring is 1. The van der Waals surface area contributed by atoms with E-state index in [1.807, 2.05) is 11.9 Å². The van der Waals surface area contributed by atoms with Gasteiger partial charge in [-0.15, -0.1) is 0 Å². The van der Waals surface area contributed by atoms with Crippen LogP contribution in [0, 0.1) is 6.92 Å². The minimum absolute atomic E-state index is 0.461. The van der Waals surface area contributed by atoms with Crippen LogP contribution < -0.4 is 10.6 Å². The number of benzene rings is 1. The smallest absolute Gasteiger partial charge is 0.171 e. The Morgan fingerprint density at radius 1 is 1.24 bits per heavy atom. The Hall–Kier alpha value is -2.10. The SMILES string of the molecule is Cc1cccc(CN(C)c2nccnc2N)c1. The van der Waals surface area contributed by atoms with Gasteiger partial charge in [-0.25, -0.2) is 9.97 Å². The monoisotopic (exact) mass is 228 g/mol. The molecule has 0 aliphatic rings. The summed E-state index contributed by atoms with van der Waals surface area (Å²) >= 11 is 0. The van der Waals surface area contributed by atoms with Crippen molar-refractivity contribution in [1.82, 2.24) is 9.97 Å². The molecule has 0 amide bonds. The Bertz CT molecular complexity index is 510. The summed E-state index contributed by atoms with van der Waals surface area (Å²) in [5.41, 5.74) is 8.28. The van der Waals surface area contributed by atoms with E-state index in [0.717, 1.165) is 6.54 Å². The van der Waals surface area contributed by atoms with E-state index >= 15 is 0 Å². The molecule has 0 atom stereocenters. The van der Waals surface area contributed by atoms with E-state index in [2.05, 4.69) is 41.2 Å². The molecule has 0 fully saturated rings. The van der Waals surface area contributed by atoms with Gasteiger partial charge in [-0.3, -0.25) is 0 Å². The van der Waals surface area contributed by atoms with Gasteiger partial charge in [0.15, 0.2) is 11.6 Å². The second-order valence-electron chi connectivity index (χ2n) is 4.11. The van der Waals surface area contributed by atoms with Crippen molar-refractivity contribution in [2.45, 2.75) is 13.5 Å². The highest BCUT2D eigenvalue weighted by molar-refractivity contribution is 5.56. The van der Waals surface area contributed by atoms with E-state index < -0.39 is 0 Å². The highest BCUT2D eigenvalue weighted by Crippen LogP contribution is 2.17. The zero-order chi connectivity index (χ0) is 12.3. The van der Waals surface area contributed by atoms with E-state index in [0.29, 0.717) is 11.6 Å². The Morgan fingerprint density at radius 3 is 2.71 bits per heavy atom. The minimum Gasteiger partial charge on any atom is -0.381 e. The van der Waals surface area contributed by atoms with Crippen LogP contribution in [0.1, 0.15) is 11.1 Å². The van der Waals surface area contributed by atoms with Crippen LogP contribution >= 0.6 is 0 Å². The molecule has 1 heterocycles. The summed E-state index contributed by atoms with van der Waals surface area (Å²) in [7, 11) is 1.96. The van der Waals surface area contributed by atoms with Crippen LogP contribution in [0.2, 0.25) is 0 Å². The van der Waals surface area contributed by atoms with Gasteiger partial charge in [-0.1, -0.05) is 29.8 Å². The lowest BCUT2D eigenvalue weighted by Crippen LogP contribution is -2.19. The van der Waals surface area contributed by atoms with Gasteiger partial charge >= 0.3 is 0 Å². The van der Waals surface area contributed by atoms with E-state index in [9.17, 15) is 0 Å². The molecule has 0 saturated heterocycles. The molecule has 1 aromatic heterocycles. The quantitative estimate of drug-likeness (QED) is 0.873. The van der Waals surface area contributed by atoms with Gasteiger partial charge in [0.05, 0.1) is 0 Å². The number of aryl methyl sites for hydroxylation is 1. The minimum atomic E-state index is 0.461. The predicted octanol–water partition coefficient (Wildman–Crippen LogP) is 2.00. The number of aromatic nitrogens is 2. The van der Waals surface area contributed by atoms with Gasteiger partial charge in [-0.2, -0.15) is 0 Å². The molecule has 0 aliphatic carbocycles. The molecule has 0 aliphatic heterocycles. The lowest BCUT2D eigenvalue weighted by molar-refractivity contribution is 0.892. The third kappa shape index (κ3) is 2.72. The third-order valence-electron chi connectivity index (χ3n) is 2.57. The summed E-state index contributed by atoms with van der Waals surface area (Å²) in [6.45, 7) is 2.85. The number of hydrogen-bond donors (Lipinski definition) is 1. The molecule has 88 valence electrons. The molecule has 2 rings (SSSR count). The average Bonchev–Trinajstić information content (AvgIpc) is 2.29. The van der Waals surface area contributed by atoms with E-state index in [1.54, 1.807) is 12.4 Å². The van der Waals surface area contributed by atoms with Crippen LogP contribution in [-0.4, -0.2) is 17.0 Å². The molecule has 4 heteroatoms. The number of hydrogen-bond acceptors (Lipinski definition) is 4. The van der Waals surface area contributed by atoms with Crippen LogP contribution in [0.4, 0.5) is 11.6 Å². The summed E-state index contributed by atoms with van der Waals surface area (Å²) < 4.78 is 0. The highest BCUT2D eigenvalue weighted by atomic mass is 15.2. The van der Waals surface area contributed by atoms with Crippen LogP contribution in [0.5, 0.6) is 0 Å². The number of nitrogens with zero attached hydrogens (tertiary/aromatic N) is 3. The van der Waals surface area contributed by atoms with E-state index in [-0.39, 0.29) is 0 Å². The van der Waals surface area contributed by atoms with Gasteiger partial charge in [0, 0.05) is 26.0 Å². The Kier molecular flexibility index (Phi) is 3.23. The van der Waals surface area contributed by atoms with Crippen LogP contribution in [0.25, 0.3) is 0 Å². The molecule has 1 aromatic carbocycles. The Labute approximate surface area is 101 Å². The van der Waals surface area contributed by atoms with Crippen molar-refractivity contribution in [3.8, 4) is 0 Å². The van der Waals surface area contributed by atoms with Gasteiger partial charge in [0.1, 0.15) is 0 Å². The topological polar surface area (TPSA) is 55.0 Å². The van der Waals surface area contributed by atoms with Crippen molar-refractivity contribution < 1.29 is 0 Å². The van der Waals surface area contributed by atoms with Gasteiger partial charge in [-0.05, 0) is 12.5 Å². The third-order valence-corrected chi connectivity index (χ3v) is 2.57. The average molecular weight is 228 g/mol. The molecule has 0 unspecified atom stereocenters. The summed E-state index contributed by atoms with van der Waals surface area (Å²) in [6.07, 6.45) is 3.25. The first kappa shape index (κ1) is 11.4. The van der Waals surface area contributed by atoms with Crippen LogP contribution in [0.3, 0.4) is 0 Å². The molecule has 0 spiro atoms. The molecule has 0 radical (unpaired) electrons. The molecular formula is C13H16N4. The van der Waals surface area contributed by atoms with Crippen LogP contribution in [0.15, 0.2) is 36.7 Å². The molecule has 4 nitrogen and oxygen atoms in total. The highest BCUT2D eigenvalue weighted by Gasteiger charge is 2.07. The summed E-state index contributed by atoms with van der Waals surface area (Å²) in [4.78, 5) is 10.3. The first-order valence-corrected chi connectivity index (χ1v) is 5.50. The van der Waals surface area contributed by atoms with Crippen molar-refractivity contribution in [3.63, 3.8) is 0 Å². The second kappa shape index (κ2) is 4.82. The van der Waals surface area contributed by atoms with Crippen LogP contribution in [-0.2, 0) is 6.54 Å². The fraction of sp³-hybridized carbons (Fsp3) is 0.231. The van der Waals surface area contributed by atoms with Crippen molar-refractivity contribution >= 4 is 11.6 Å². The molecule has 17 heavy (non-hydrogen) atoms. The maximum atomic E-state index is 5.79. The zero-order valence-electron chi connectivity index (χ0n) is 10.1. The van der Waals surface area contributed by atoms with Gasteiger partial charge in [0.25, 0.3) is 0 Å². The lowest BCUT2D eigenvalue weighted by atomic mass is 10.1. The first-order chi connectivity index (χ1) is 8.16. The first-order valence-electron chi connectivity index (χ1n) is 5.50. The number of rotatable bonds is 3. The molecule has 2 N–H and O–H groups in total. The summed E-state index contributed by atoms with van der Waals surface area (Å²) in [5, 5.41) is 0. The standard InChI is InChI=1S/C13H16N4/c1-10-4-3-5-11(8-10)9-17(2)13-12(14)15-6-7-16-13/h3-8H,9H2,1-2H3,(H2,14,15). The molecule has 0 saturated carbocycles. The van der Waals surface area contributed by atoms with Crippen molar-refractivity contribution in [3.05, 3.63) is 47.8 Å². The summed E-state index contributed by atoms with van der Waals surface area (Å²) in [5.74, 6) is 1.18. The number of anilines is 2. The fourth-order valence-electron chi connectivity index (χ4n) is 1.79. The Balaban J connectivity index is 2.17. The van der Waals surface area contributed by atoms with E-state index in [4.69, 9.17) is 5.73 Å². The van der Waals surface area contributed by atoms with Gasteiger partial charge in [0.2, 0.25) is 0 Å². The molecule has 0 bridgehead atoms. The molecular weight excluding hydrogens is 212 g/mol. The largest absolute Gasteiger partial charge is 0.381 e. The maximum Gasteiger partial charge on any atom is 0.171 e. The lowest BCUT2D eigenvalue weighted by Gasteiger charge is -2.19. The van der Waals surface area contributed by atoms with E-state index in [1.165, 1.54) is 11.1 Å². The second-order valence-corrected chi connectivity index (χ2v) is 4.11. The van der Waals surface area contributed by atoms with Crippen molar-refractivity contribution in [1.29, 1.82) is 0 Å².